The second-order valence-electron chi connectivity index (χ2n) is 5.60. The second kappa shape index (κ2) is 5.10. The Kier molecular flexibility index (Phi) is 3.49. The van der Waals surface area contributed by atoms with Crippen molar-refractivity contribution in [2.24, 2.45) is 5.92 Å². The average molecular weight is 265 g/mol. The molecule has 1 N–H and O–H groups in total. The van der Waals surface area contributed by atoms with Crippen LogP contribution in [-0.2, 0) is 0 Å². The molecule has 3 heteroatoms. The van der Waals surface area contributed by atoms with Crippen molar-refractivity contribution in [3.63, 3.8) is 0 Å². The topological polar surface area (TPSA) is 15.3 Å². The summed E-state index contributed by atoms with van der Waals surface area (Å²) in [5.41, 5.74) is 2.55. The maximum atomic E-state index is 6.31. The molecular formula is C15H21ClN2. The van der Waals surface area contributed by atoms with Gasteiger partial charge in [0.15, 0.2) is 0 Å². The van der Waals surface area contributed by atoms with E-state index in [2.05, 4.69) is 29.3 Å². The minimum absolute atomic E-state index is 0.542. The number of nitrogens with one attached hydrogen (secondary N) is 1. The first-order valence-corrected chi connectivity index (χ1v) is 7.41. The molecule has 2 unspecified atom stereocenters. The standard InChI is InChI=1S/C15H21ClN2/c1-11-10-17-14-12(6-5-7-13(14)16)15(11)18-8-3-2-4-9-18/h5-7,11,15,17H,2-4,8-10H2,1H3. The number of likely N-dealkylation sites (tertiary alicyclic amines) is 1. The van der Waals surface area contributed by atoms with E-state index in [4.69, 9.17) is 11.6 Å². The van der Waals surface area contributed by atoms with E-state index in [9.17, 15) is 0 Å². The van der Waals surface area contributed by atoms with E-state index in [1.54, 1.807) is 0 Å². The van der Waals surface area contributed by atoms with Gasteiger partial charge in [-0.1, -0.05) is 37.1 Å². The lowest BCUT2D eigenvalue weighted by molar-refractivity contribution is 0.123. The van der Waals surface area contributed by atoms with Gasteiger partial charge in [-0.3, -0.25) is 4.90 Å². The Morgan fingerprint density at radius 2 is 2.00 bits per heavy atom. The van der Waals surface area contributed by atoms with Gasteiger partial charge in [0.05, 0.1) is 10.7 Å². The molecule has 0 bridgehead atoms. The minimum atomic E-state index is 0.542. The lowest BCUT2D eigenvalue weighted by Gasteiger charge is -2.42. The fraction of sp³-hybridized carbons (Fsp3) is 0.600. The van der Waals surface area contributed by atoms with Crippen LogP contribution in [0.15, 0.2) is 18.2 Å². The van der Waals surface area contributed by atoms with Crippen LogP contribution in [-0.4, -0.2) is 24.5 Å². The molecule has 2 heterocycles. The van der Waals surface area contributed by atoms with Crippen LogP contribution in [0.4, 0.5) is 5.69 Å². The summed E-state index contributed by atoms with van der Waals surface area (Å²) in [5, 5.41) is 4.35. The molecule has 1 aromatic carbocycles. The van der Waals surface area contributed by atoms with Crippen molar-refractivity contribution in [3.8, 4) is 0 Å². The van der Waals surface area contributed by atoms with Gasteiger partial charge < -0.3 is 5.32 Å². The van der Waals surface area contributed by atoms with E-state index >= 15 is 0 Å². The molecule has 0 aromatic heterocycles. The zero-order valence-electron chi connectivity index (χ0n) is 11.0. The number of benzene rings is 1. The van der Waals surface area contributed by atoms with Crippen LogP contribution in [0.3, 0.4) is 0 Å². The number of hydrogen-bond acceptors (Lipinski definition) is 2. The SMILES string of the molecule is CC1CNc2c(Cl)cccc2C1N1CCCCC1. The Labute approximate surface area is 114 Å². The molecule has 18 heavy (non-hydrogen) atoms. The third-order valence-corrected chi connectivity index (χ3v) is 4.60. The predicted molar refractivity (Wildman–Crippen MR) is 77.3 cm³/mol. The Hall–Kier alpha value is -0.730. The number of hydrogen-bond donors (Lipinski definition) is 1. The fourth-order valence-corrected chi connectivity index (χ4v) is 3.66. The molecule has 2 aliphatic heterocycles. The van der Waals surface area contributed by atoms with Gasteiger partial charge in [-0.05, 0) is 43.5 Å². The highest BCUT2D eigenvalue weighted by atomic mass is 35.5. The van der Waals surface area contributed by atoms with Crippen molar-refractivity contribution in [2.45, 2.75) is 32.2 Å². The molecule has 1 fully saturated rings. The average Bonchev–Trinajstić information content (AvgIpc) is 2.40. The first-order valence-electron chi connectivity index (χ1n) is 7.03. The summed E-state index contributed by atoms with van der Waals surface area (Å²) in [5.74, 6) is 0.647. The molecule has 98 valence electrons. The van der Waals surface area contributed by atoms with Crippen molar-refractivity contribution in [2.75, 3.05) is 25.0 Å². The summed E-state index contributed by atoms with van der Waals surface area (Å²) in [6, 6.07) is 6.85. The van der Waals surface area contributed by atoms with Crippen LogP contribution < -0.4 is 5.32 Å². The van der Waals surface area contributed by atoms with Gasteiger partial charge >= 0.3 is 0 Å². The quantitative estimate of drug-likeness (QED) is 0.827. The molecule has 0 saturated carbocycles. The molecule has 2 aliphatic rings. The smallest absolute Gasteiger partial charge is 0.0640 e. The number of para-hydroxylation sites is 1. The van der Waals surface area contributed by atoms with E-state index < -0.39 is 0 Å². The third kappa shape index (κ3) is 2.12. The largest absolute Gasteiger partial charge is 0.383 e. The van der Waals surface area contributed by atoms with E-state index in [0.29, 0.717) is 12.0 Å². The van der Waals surface area contributed by atoms with Crippen LogP contribution in [0.2, 0.25) is 5.02 Å². The number of nitrogens with zero attached hydrogens (tertiary/aromatic N) is 1. The molecule has 1 aromatic rings. The normalized spacial score (nSPS) is 28.6. The zero-order chi connectivity index (χ0) is 12.5. The summed E-state index contributed by atoms with van der Waals surface area (Å²) in [6.45, 7) is 5.84. The van der Waals surface area contributed by atoms with Gasteiger partial charge in [0, 0.05) is 12.6 Å². The molecule has 0 radical (unpaired) electrons. The van der Waals surface area contributed by atoms with Crippen LogP contribution >= 0.6 is 11.6 Å². The first kappa shape index (κ1) is 12.3. The van der Waals surface area contributed by atoms with Crippen LogP contribution in [0.5, 0.6) is 0 Å². The van der Waals surface area contributed by atoms with Gasteiger partial charge in [-0.15, -0.1) is 0 Å². The highest BCUT2D eigenvalue weighted by Gasteiger charge is 2.32. The summed E-state index contributed by atoms with van der Waals surface area (Å²) in [6.07, 6.45) is 4.07. The van der Waals surface area contributed by atoms with Crippen LogP contribution in [0.1, 0.15) is 37.8 Å². The van der Waals surface area contributed by atoms with Crippen LogP contribution in [0, 0.1) is 5.92 Å². The third-order valence-electron chi connectivity index (χ3n) is 4.29. The number of halogens is 1. The highest BCUT2D eigenvalue weighted by Crippen LogP contribution is 2.41. The van der Waals surface area contributed by atoms with E-state index in [1.807, 2.05) is 6.07 Å². The van der Waals surface area contributed by atoms with Gasteiger partial charge in [-0.25, -0.2) is 0 Å². The van der Waals surface area contributed by atoms with Gasteiger partial charge in [0.25, 0.3) is 0 Å². The summed E-state index contributed by atoms with van der Waals surface area (Å²) >= 11 is 6.31. The molecule has 0 amide bonds. The summed E-state index contributed by atoms with van der Waals surface area (Å²) in [4.78, 5) is 2.66. The Morgan fingerprint density at radius 1 is 1.22 bits per heavy atom. The number of piperidine rings is 1. The van der Waals surface area contributed by atoms with Gasteiger partial charge in [-0.2, -0.15) is 0 Å². The monoisotopic (exact) mass is 264 g/mol. The van der Waals surface area contributed by atoms with Gasteiger partial charge in [0.1, 0.15) is 0 Å². The molecule has 2 nitrogen and oxygen atoms in total. The van der Waals surface area contributed by atoms with Crippen molar-refractivity contribution >= 4 is 17.3 Å². The fourth-order valence-electron chi connectivity index (χ4n) is 3.41. The number of fused-ring (bicyclic) bond motifs is 1. The van der Waals surface area contributed by atoms with Crippen molar-refractivity contribution < 1.29 is 0 Å². The molecule has 3 rings (SSSR count). The van der Waals surface area contributed by atoms with Crippen molar-refractivity contribution in [1.29, 1.82) is 0 Å². The lowest BCUT2D eigenvalue weighted by atomic mass is 9.87. The highest BCUT2D eigenvalue weighted by molar-refractivity contribution is 6.33. The van der Waals surface area contributed by atoms with Crippen molar-refractivity contribution in [1.82, 2.24) is 4.90 Å². The molecular weight excluding hydrogens is 244 g/mol. The zero-order valence-corrected chi connectivity index (χ0v) is 11.7. The molecule has 1 saturated heterocycles. The molecule has 2 atom stereocenters. The molecule has 0 spiro atoms. The Morgan fingerprint density at radius 3 is 2.78 bits per heavy atom. The predicted octanol–water partition coefficient (Wildman–Crippen LogP) is 3.93. The van der Waals surface area contributed by atoms with Gasteiger partial charge in [0.2, 0.25) is 0 Å². The minimum Gasteiger partial charge on any atom is -0.383 e. The van der Waals surface area contributed by atoms with E-state index in [-0.39, 0.29) is 0 Å². The second-order valence-corrected chi connectivity index (χ2v) is 6.01. The molecule has 0 aliphatic carbocycles. The number of rotatable bonds is 1. The Balaban J connectivity index is 1.96. The number of anilines is 1. The van der Waals surface area contributed by atoms with E-state index in [0.717, 1.165) is 17.3 Å². The lowest BCUT2D eigenvalue weighted by Crippen LogP contribution is -2.41. The van der Waals surface area contributed by atoms with E-state index in [1.165, 1.54) is 37.9 Å². The first-order chi connectivity index (χ1) is 8.77. The van der Waals surface area contributed by atoms with Crippen molar-refractivity contribution in [3.05, 3.63) is 28.8 Å². The summed E-state index contributed by atoms with van der Waals surface area (Å²) in [7, 11) is 0. The maximum absolute atomic E-state index is 6.31. The summed E-state index contributed by atoms with van der Waals surface area (Å²) < 4.78 is 0. The maximum Gasteiger partial charge on any atom is 0.0640 e. The Bertz CT molecular complexity index is 427. The van der Waals surface area contributed by atoms with Crippen LogP contribution in [0.25, 0.3) is 0 Å².